The number of amides is 3. The third-order valence-corrected chi connectivity index (χ3v) is 7.79. The predicted octanol–water partition coefficient (Wildman–Crippen LogP) is 3.00. The molecule has 0 aliphatic rings. The molecule has 48 heavy (non-hydrogen) atoms. The molecule has 13 nitrogen and oxygen atoms in total. The van der Waals surface area contributed by atoms with Crippen molar-refractivity contribution in [3.05, 3.63) is 29.8 Å². The molecule has 0 aliphatic carbocycles. The summed E-state index contributed by atoms with van der Waals surface area (Å²) in [4.78, 5) is 72.6. The molecule has 0 fully saturated rings. The molecule has 1 aromatic carbocycles. The first-order valence-electron chi connectivity index (χ1n) is 16.9. The van der Waals surface area contributed by atoms with Gasteiger partial charge in [-0.3, -0.25) is 14.4 Å². The molecule has 5 atom stereocenters. The van der Waals surface area contributed by atoms with Crippen LogP contribution in [0.15, 0.2) is 24.3 Å². The molecule has 0 bridgehead atoms. The highest BCUT2D eigenvalue weighted by molar-refractivity contribution is 5.92. The van der Waals surface area contributed by atoms with Crippen LogP contribution >= 0.6 is 0 Å². The van der Waals surface area contributed by atoms with Gasteiger partial charge in [-0.15, -0.1) is 5.48 Å². The number of aliphatic carboxylic acids is 1. The highest BCUT2D eigenvalue weighted by Gasteiger charge is 2.35. The molecule has 0 radical (unpaired) electrons. The van der Waals surface area contributed by atoms with Gasteiger partial charge in [-0.25, -0.2) is 9.59 Å². The van der Waals surface area contributed by atoms with Gasteiger partial charge in [-0.2, -0.15) is 0 Å². The van der Waals surface area contributed by atoms with Crippen molar-refractivity contribution >= 4 is 29.7 Å². The second-order valence-electron chi connectivity index (χ2n) is 14.2. The van der Waals surface area contributed by atoms with Crippen molar-refractivity contribution < 1.29 is 39.0 Å². The SMILES string of the molecule is CN[C@@H](CC(C)C)C(=O)N[C@@H](CC(C)C)C(=O)ON[C@@H](Cc1ccc(O)cc1)C(=O)N(C)[C@@H](CC(C)C)C(=O)N[C@@H](CC(C)C)C(=O)O. The van der Waals surface area contributed by atoms with E-state index >= 15 is 0 Å². The molecule has 0 saturated carbocycles. The molecule has 0 aliphatic heterocycles. The van der Waals surface area contributed by atoms with Crippen molar-refractivity contribution in [1.82, 2.24) is 26.3 Å². The molecule has 13 heteroatoms. The number of hydrogen-bond acceptors (Lipinski definition) is 9. The largest absolute Gasteiger partial charge is 0.508 e. The number of hydroxylamine groups is 1. The van der Waals surface area contributed by atoms with E-state index in [2.05, 4.69) is 21.4 Å². The third-order valence-electron chi connectivity index (χ3n) is 7.79. The Hall–Kier alpha value is -3.71. The number of hydrogen-bond donors (Lipinski definition) is 6. The molecule has 6 N–H and O–H groups in total. The van der Waals surface area contributed by atoms with E-state index in [0.29, 0.717) is 18.4 Å². The number of carboxylic acid groups (broad SMARTS) is 1. The quantitative estimate of drug-likeness (QED) is 0.106. The standard InChI is InChI=1S/C35H59N5O8/c1-20(2)15-26(36-9)31(42)38-29(17-22(5)6)35(47)48-39-27(19-24-11-13-25(41)14-12-24)33(44)40(10)30(18-23(7)8)32(43)37-28(34(45)46)16-21(3)4/h11-14,20-23,26-30,36,39,41H,15-19H2,1-10H3,(H,37,43)(H,38,42)(H,45,46)/t26-,27-,28-,29-,30-/m0/s1. The zero-order chi connectivity index (χ0) is 36.7. The Morgan fingerprint density at radius 2 is 1.19 bits per heavy atom. The Morgan fingerprint density at radius 3 is 1.67 bits per heavy atom. The summed E-state index contributed by atoms with van der Waals surface area (Å²) in [5.74, 6) is -3.19. The minimum Gasteiger partial charge on any atom is -0.508 e. The Labute approximate surface area is 285 Å². The van der Waals surface area contributed by atoms with E-state index in [1.54, 1.807) is 19.2 Å². The first kappa shape index (κ1) is 42.3. The fraction of sp³-hybridized carbons (Fsp3) is 0.686. The molecule has 3 amide bonds. The summed E-state index contributed by atoms with van der Waals surface area (Å²) in [5.41, 5.74) is 3.23. The molecular formula is C35H59N5O8. The predicted molar refractivity (Wildman–Crippen MR) is 184 cm³/mol. The molecular weight excluding hydrogens is 618 g/mol. The molecule has 0 spiro atoms. The lowest BCUT2D eigenvalue weighted by Gasteiger charge is -2.32. The second kappa shape index (κ2) is 20.6. The summed E-state index contributed by atoms with van der Waals surface area (Å²) in [7, 11) is 3.13. The van der Waals surface area contributed by atoms with E-state index in [0.717, 1.165) is 0 Å². The third kappa shape index (κ3) is 15.0. The minimum atomic E-state index is -1.17. The van der Waals surface area contributed by atoms with Crippen LogP contribution in [-0.4, -0.2) is 89.1 Å². The average molecular weight is 678 g/mol. The number of carbonyl (C=O) groups is 5. The fourth-order valence-corrected chi connectivity index (χ4v) is 5.28. The van der Waals surface area contributed by atoms with E-state index in [9.17, 15) is 34.2 Å². The van der Waals surface area contributed by atoms with Crippen molar-refractivity contribution in [1.29, 1.82) is 0 Å². The number of phenolic OH excluding ortho intramolecular Hbond substituents is 1. The van der Waals surface area contributed by atoms with E-state index in [4.69, 9.17) is 4.84 Å². The molecule has 0 saturated heterocycles. The van der Waals surface area contributed by atoms with Crippen LogP contribution in [0, 0.1) is 23.7 Å². The summed E-state index contributed by atoms with van der Waals surface area (Å²) >= 11 is 0. The fourth-order valence-electron chi connectivity index (χ4n) is 5.28. The van der Waals surface area contributed by atoms with Gasteiger partial charge in [0.15, 0.2) is 0 Å². The van der Waals surface area contributed by atoms with Crippen LogP contribution in [0.5, 0.6) is 5.75 Å². The van der Waals surface area contributed by atoms with E-state index in [1.807, 2.05) is 55.4 Å². The lowest BCUT2D eigenvalue weighted by Crippen LogP contribution is -2.57. The molecule has 272 valence electrons. The number of nitrogens with zero attached hydrogens (tertiary/aromatic N) is 1. The lowest BCUT2D eigenvalue weighted by molar-refractivity contribution is -0.161. The Balaban J connectivity index is 3.34. The second-order valence-corrected chi connectivity index (χ2v) is 14.2. The summed E-state index contributed by atoms with van der Waals surface area (Å²) in [6, 6.07) is 1.35. The zero-order valence-electron chi connectivity index (χ0n) is 30.3. The van der Waals surface area contributed by atoms with Gasteiger partial charge in [0.2, 0.25) is 17.7 Å². The first-order valence-corrected chi connectivity index (χ1v) is 16.9. The highest BCUT2D eigenvalue weighted by atomic mass is 16.7. The molecule has 1 aromatic rings. The van der Waals surface area contributed by atoms with Gasteiger partial charge in [-0.1, -0.05) is 67.5 Å². The number of rotatable bonds is 21. The number of benzene rings is 1. The van der Waals surface area contributed by atoms with E-state index in [1.165, 1.54) is 24.1 Å². The van der Waals surface area contributed by atoms with Crippen molar-refractivity contribution in [3.63, 3.8) is 0 Å². The average Bonchev–Trinajstić information content (AvgIpc) is 2.99. The van der Waals surface area contributed by atoms with Crippen molar-refractivity contribution in [2.75, 3.05) is 14.1 Å². The number of phenols is 1. The van der Waals surface area contributed by atoms with Gasteiger partial charge in [-0.05, 0) is 80.5 Å². The molecule has 0 aromatic heterocycles. The summed E-state index contributed by atoms with van der Waals surface area (Å²) in [5, 5.41) is 27.9. The van der Waals surface area contributed by atoms with Crippen molar-refractivity contribution in [2.24, 2.45) is 23.7 Å². The Bertz CT molecular complexity index is 1190. The van der Waals surface area contributed by atoms with Crippen LogP contribution in [0.1, 0.15) is 86.6 Å². The smallest absolute Gasteiger partial charge is 0.347 e. The van der Waals surface area contributed by atoms with Gasteiger partial charge >= 0.3 is 11.9 Å². The number of carbonyl (C=O) groups excluding carboxylic acids is 4. The lowest BCUT2D eigenvalue weighted by atomic mass is 9.98. The van der Waals surface area contributed by atoms with Crippen molar-refractivity contribution in [2.45, 2.75) is 118 Å². The van der Waals surface area contributed by atoms with Crippen LogP contribution in [0.2, 0.25) is 0 Å². The monoisotopic (exact) mass is 677 g/mol. The number of carboxylic acids is 1. The number of nitrogens with one attached hydrogen (secondary N) is 4. The van der Waals surface area contributed by atoms with E-state index in [-0.39, 0.29) is 54.6 Å². The van der Waals surface area contributed by atoms with Crippen LogP contribution in [0.25, 0.3) is 0 Å². The van der Waals surface area contributed by atoms with Crippen LogP contribution in [-0.2, 0) is 35.2 Å². The van der Waals surface area contributed by atoms with E-state index < -0.39 is 54.0 Å². The Kier molecular flexibility index (Phi) is 18.2. The molecule has 0 heterocycles. The maximum atomic E-state index is 14.1. The van der Waals surface area contributed by atoms with Gasteiger partial charge in [0, 0.05) is 7.05 Å². The summed E-state index contributed by atoms with van der Waals surface area (Å²) in [6.45, 7) is 15.3. The van der Waals surface area contributed by atoms with Crippen LogP contribution in [0.3, 0.4) is 0 Å². The first-order chi connectivity index (χ1) is 22.4. The summed E-state index contributed by atoms with van der Waals surface area (Å²) < 4.78 is 0. The van der Waals surface area contributed by atoms with Crippen LogP contribution < -0.4 is 21.4 Å². The van der Waals surface area contributed by atoms with Gasteiger partial charge in [0.05, 0.1) is 6.04 Å². The minimum absolute atomic E-state index is 0.00603. The van der Waals surface area contributed by atoms with Gasteiger partial charge < -0.3 is 35.9 Å². The number of aromatic hydroxyl groups is 1. The maximum absolute atomic E-state index is 14.1. The van der Waals surface area contributed by atoms with Crippen molar-refractivity contribution in [3.8, 4) is 5.75 Å². The maximum Gasteiger partial charge on any atom is 0.347 e. The molecule has 0 unspecified atom stereocenters. The zero-order valence-corrected chi connectivity index (χ0v) is 30.3. The summed E-state index contributed by atoms with van der Waals surface area (Å²) in [6.07, 6.45) is 1.34. The highest BCUT2D eigenvalue weighted by Crippen LogP contribution is 2.17. The number of likely N-dealkylation sites (N-methyl/N-ethyl adjacent to an activating group) is 2. The van der Waals surface area contributed by atoms with Gasteiger partial charge in [0.25, 0.3) is 0 Å². The normalized spacial score (nSPS) is 14.7. The Morgan fingerprint density at radius 1 is 0.708 bits per heavy atom. The molecule has 1 rings (SSSR count). The van der Waals surface area contributed by atoms with Gasteiger partial charge in [0.1, 0.15) is 29.9 Å². The van der Waals surface area contributed by atoms with Crippen LogP contribution in [0.4, 0.5) is 0 Å². The topological polar surface area (TPSA) is 186 Å².